The maximum atomic E-state index is 14.2. The highest BCUT2D eigenvalue weighted by molar-refractivity contribution is 5.83. The van der Waals surface area contributed by atoms with Crippen LogP contribution < -0.4 is 5.56 Å². The lowest BCUT2D eigenvalue weighted by atomic mass is 9.97. The molecule has 0 saturated carbocycles. The fourth-order valence-corrected chi connectivity index (χ4v) is 3.09. The number of hydrogen-bond acceptors (Lipinski definition) is 3. The first-order valence-electron chi connectivity index (χ1n) is 7.67. The Kier molecular flexibility index (Phi) is 3.04. The van der Waals surface area contributed by atoms with Crippen LogP contribution in [0, 0.1) is 0 Å². The number of hydrogen-bond donors (Lipinski definition) is 0. The highest BCUT2D eigenvalue weighted by Gasteiger charge is 2.31. The minimum absolute atomic E-state index is 0.0755. The van der Waals surface area contributed by atoms with Gasteiger partial charge in [-0.3, -0.25) is 14.3 Å². The molecule has 0 radical (unpaired) electrons. The Labute approximate surface area is 132 Å². The zero-order valence-electron chi connectivity index (χ0n) is 12.8. The number of aromatic nitrogens is 3. The van der Waals surface area contributed by atoms with E-state index in [2.05, 4.69) is 9.97 Å². The maximum absolute atomic E-state index is 14.2. The van der Waals surface area contributed by atoms with Crippen LogP contribution in [0.25, 0.3) is 22.2 Å². The van der Waals surface area contributed by atoms with Gasteiger partial charge in [-0.2, -0.15) is 0 Å². The molecule has 0 saturated heterocycles. The largest absolute Gasteiger partial charge is 0.293 e. The third kappa shape index (κ3) is 2.42. The van der Waals surface area contributed by atoms with Crippen molar-refractivity contribution in [3.63, 3.8) is 0 Å². The lowest BCUT2D eigenvalue weighted by Crippen LogP contribution is -2.39. The van der Waals surface area contributed by atoms with Crippen molar-refractivity contribution in [2.75, 3.05) is 0 Å². The van der Waals surface area contributed by atoms with E-state index in [4.69, 9.17) is 0 Å². The van der Waals surface area contributed by atoms with Gasteiger partial charge >= 0.3 is 0 Å². The molecule has 0 N–H and O–H groups in total. The van der Waals surface area contributed by atoms with Gasteiger partial charge in [0.15, 0.2) is 0 Å². The van der Waals surface area contributed by atoms with Crippen LogP contribution in [0.5, 0.6) is 0 Å². The van der Waals surface area contributed by atoms with E-state index in [-0.39, 0.29) is 12.1 Å². The summed E-state index contributed by atoms with van der Waals surface area (Å²) in [6.07, 6.45) is 2.60. The molecule has 2 aromatic heterocycles. The van der Waals surface area contributed by atoms with Gasteiger partial charge in [0.1, 0.15) is 11.5 Å². The average molecular weight is 309 g/mol. The first kappa shape index (κ1) is 14.1. The molecule has 0 aliphatic carbocycles. The summed E-state index contributed by atoms with van der Waals surface area (Å²) < 4.78 is 15.7. The number of rotatable bonds is 1. The second kappa shape index (κ2) is 4.98. The van der Waals surface area contributed by atoms with Crippen molar-refractivity contribution in [2.45, 2.75) is 32.0 Å². The van der Waals surface area contributed by atoms with Crippen molar-refractivity contribution in [3.05, 3.63) is 58.8 Å². The Balaban J connectivity index is 1.90. The fourth-order valence-electron chi connectivity index (χ4n) is 3.09. The number of halogens is 1. The minimum Gasteiger partial charge on any atom is -0.293 e. The van der Waals surface area contributed by atoms with Crippen LogP contribution in [0.3, 0.4) is 0 Å². The van der Waals surface area contributed by atoms with Crippen LogP contribution in [-0.2, 0) is 13.0 Å². The van der Waals surface area contributed by atoms with Crippen LogP contribution >= 0.6 is 0 Å². The maximum Gasteiger partial charge on any atom is 0.261 e. The molecule has 1 unspecified atom stereocenters. The second-order valence-electron chi connectivity index (χ2n) is 6.28. The predicted octanol–water partition coefficient (Wildman–Crippen LogP) is 3.13. The van der Waals surface area contributed by atoms with Crippen LogP contribution in [0.4, 0.5) is 4.39 Å². The van der Waals surface area contributed by atoms with Gasteiger partial charge in [-0.15, -0.1) is 0 Å². The number of fused-ring (bicyclic) bond motifs is 2. The minimum atomic E-state index is -1.35. The Morgan fingerprint density at radius 2 is 2.13 bits per heavy atom. The molecule has 0 spiro atoms. The van der Waals surface area contributed by atoms with Crippen LogP contribution in [-0.4, -0.2) is 20.2 Å². The summed E-state index contributed by atoms with van der Waals surface area (Å²) >= 11 is 0. The van der Waals surface area contributed by atoms with Crippen LogP contribution in [0.15, 0.2) is 47.4 Å². The molecule has 3 aromatic rings. The smallest absolute Gasteiger partial charge is 0.261 e. The summed E-state index contributed by atoms with van der Waals surface area (Å²) in [5.41, 5.74) is 0.888. The lowest BCUT2D eigenvalue weighted by Gasteiger charge is -2.28. The van der Waals surface area contributed by atoms with Crippen LogP contribution in [0.2, 0.25) is 0 Å². The summed E-state index contributed by atoms with van der Waals surface area (Å²) in [6, 6.07) is 11.2. The first-order valence-corrected chi connectivity index (χ1v) is 7.67. The monoisotopic (exact) mass is 309 g/mol. The summed E-state index contributed by atoms with van der Waals surface area (Å²) in [5.74, 6) is 0.663. The summed E-state index contributed by atoms with van der Waals surface area (Å²) in [5, 5.41) is 0.520. The third-order valence-corrected chi connectivity index (χ3v) is 4.35. The lowest BCUT2D eigenvalue weighted by molar-refractivity contribution is 0.126. The van der Waals surface area contributed by atoms with E-state index >= 15 is 0 Å². The Morgan fingerprint density at radius 3 is 2.91 bits per heavy atom. The van der Waals surface area contributed by atoms with Crippen molar-refractivity contribution in [3.8, 4) is 11.3 Å². The number of aryl methyl sites for hydroxylation is 1. The molecular formula is C18H16FN3O. The number of pyridine rings is 1. The molecule has 23 heavy (non-hydrogen) atoms. The summed E-state index contributed by atoms with van der Waals surface area (Å²) in [4.78, 5) is 21.6. The first-order chi connectivity index (χ1) is 11.0. The Bertz CT molecular complexity index is 948. The molecule has 0 amide bonds. The van der Waals surface area contributed by atoms with E-state index in [1.165, 1.54) is 11.5 Å². The van der Waals surface area contributed by atoms with Crippen LogP contribution in [0.1, 0.15) is 19.2 Å². The van der Waals surface area contributed by atoms with E-state index in [0.29, 0.717) is 29.6 Å². The van der Waals surface area contributed by atoms with E-state index < -0.39 is 5.67 Å². The zero-order valence-corrected chi connectivity index (χ0v) is 12.8. The number of benzene rings is 1. The van der Waals surface area contributed by atoms with Crippen molar-refractivity contribution in [2.24, 2.45) is 0 Å². The van der Waals surface area contributed by atoms with Gasteiger partial charge in [0.05, 0.1) is 23.1 Å². The highest BCUT2D eigenvalue weighted by atomic mass is 19.1. The van der Waals surface area contributed by atoms with Gasteiger partial charge in [-0.1, -0.05) is 12.1 Å². The molecule has 0 bridgehead atoms. The predicted molar refractivity (Wildman–Crippen MR) is 87.1 cm³/mol. The SMILES string of the molecule is CC1(F)CCc2nc3cc(-c4ccccn4)ccc3c(=O)n2C1. The normalized spacial score (nSPS) is 20.4. The second-order valence-corrected chi connectivity index (χ2v) is 6.28. The summed E-state index contributed by atoms with van der Waals surface area (Å²) in [6.45, 7) is 1.61. The molecular weight excluding hydrogens is 293 g/mol. The molecule has 4 rings (SSSR count). The quantitative estimate of drug-likeness (QED) is 0.694. The van der Waals surface area contributed by atoms with E-state index in [1.807, 2.05) is 30.3 Å². The molecule has 0 fully saturated rings. The van der Waals surface area contributed by atoms with E-state index in [1.54, 1.807) is 12.3 Å². The van der Waals surface area contributed by atoms with Gasteiger partial charge in [-0.05, 0) is 37.6 Å². The van der Waals surface area contributed by atoms with Crippen molar-refractivity contribution in [1.29, 1.82) is 0 Å². The molecule has 116 valence electrons. The Hall–Kier alpha value is -2.56. The van der Waals surface area contributed by atoms with Gasteiger partial charge in [0.2, 0.25) is 0 Å². The van der Waals surface area contributed by atoms with E-state index in [0.717, 1.165) is 11.3 Å². The number of alkyl halides is 1. The zero-order chi connectivity index (χ0) is 16.0. The highest BCUT2D eigenvalue weighted by Crippen LogP contribution is 2.27. The topological polar surface area (TPSA) is 47.8 Å². The van der Waals surface area contributed by atoms with Crippen molar-refractivity contribution in [1.82, 2.24) is 14.5 Å². The molecule has 1 aliphatic rings. The van der Waals surface area contributed by atoms with Crippen molar-refractivity contribution < 1.29 is 4.39 Å². The van der Waals surface area contributed by atoms with Gasteiger partial charge < -0.3 is 0 Å². The van der Waals surface area contributed by atoms with E-state index in [9.17, 15) is 9.18 Å². The molecule has 1 atom stereocenters. The molecule has 4 nitrogen and oxygen atoms in total. The molecule has 5 heteroatoms. The standard InChI is InChI=1S/C18H16FN3O/c1-18(19)8-7-16-21-15-10-12(14-4-2-3-9-20-14)5-6-13(15)17(23)22(16)11-18/h2-6,9-10H,7-8,11H2,1H3. The average Bonchev–Trinajstić information content (AvgIpc) is 2.56. The van der Waals surface area contributed by atoms with Gasteiger partial charge in [-0.25, -0.2) is 9.37 Å². The molecule has 1 aromatic carbocycles. The molecule has 3 heterocycles. The Morgan fingerprint density at radius 1 is 1.26 bits per heavy atom. The van der Waals surface area contributed by atoms with Crippen molar-refractivity contribution >= 4 is 10.9 Å². The van der Waals surface area contributed by atoms with Gasteiger partial charge in [0.25, 0.3) is 5.56 Å². The van der Waals surface area contributed by atoms with Gasteiger partial charge in [0, 0.05) is 18.2 Å². The molecule has 1 aliphatic heterocycles. The fraction of sp³-hybridized carbons (Fsp3) is 0.278. The third-order valence-electron chi connectivity index (χ3n) is 4.35. The number of nitrogens with zero attached hydrogens (tertiary/aromatic N) is 3. The summed E-state index contributed by atoms with van der Waals surface area (Å²) in [7, 11) is 0.